The topological polar surface area (TPSA) is 0 Å². The van der Waals surface area contributed by atoms with Gasteiger partial charge in [0.2, 0.25) is 0 Å². The molecule has 0 amide bonds. The van der Waals surface area contributed by atoms with Crippen molar-refractivity contribution in [2.45, 2.75) is 38.0 Å². The molecule has 0 atom stereocenters. The molecule has 0 spiro atoms. The second-order valence-electron chi connectivity index (χ2n) is 4.04. The number of hydrogen-bond acceptors (Lipinski definition) is 0. The fourth-order valence-electron chi connectivity index (χ4n) is 2.25. The van der Waals surface area contributed by atoms with E-state index < -0.39 is 11.6 Å². The quantitative estimate of drug-likeness (QED) is 0.636. The average molecular weight is 196 g/mol. The highest BCUT2D eigenvalue weighted by atomic mass is 19.1. The lowest BCUT2D eigenvalue weighted by molar-refractivity contribution is 0.439. The van der Waals surface area contributed by atoms with Crippen LogP contribution in [0.25, 0.3) is 0 Å². The molecule has 0 N–H and O–H groups in total. The third-order valence-corrected chi connectivity index (χ3v) is 2.96. The van der Waals surface area contributed by atoms with Crippen molar-refractivity contribution in [1.29, 1.82) is 0 Å². The molecule has 1 aliphatic rings. The smallest absolute Gasteiger partial charge is 0.126 e. The maximum absolute atomic E-state index is 12.9. The first-order chi connectivity index (χ1) is 6.75. The highest BCUT2D eigenvalue weighted by Crippen LogP contribution is 2.33. The van der Waals surface area contributed by atoms with Crippen LogP contribution < -0.4 is 0 Å². The highest BCUT2D eigenvalue weighted by Gasteiger charge is 2.16. The molecule has 0 nitrogen and oxygen atoms in total. The van der Waals surface area contributed by atoms with Crippen molar-refractivity contribution in [3.8, 4) is 0 Å². The Hall–Kier alpha value is -0.920. The monoisotopic (exact) mass is 196 g/mol. The molecular weight excluding hydrogens is 182 g/mol. The van der Waals surface area contributed by atoms with Crippen LogP contribution in [-0.4, -0.2) is 0 Å². The third-order valence-electron chi connectivity index (χ3n) is 2.96. The van der Waals surface area contributed by atoms with E-state index in [4.69, 9.17) is 0 Å². The summed E-state index contributed by atoms with van der Waals surface area (Å²) in [6.45, 7) is 0. The van der Waals surface area contributed by atoms with Crippen LogP contribution in [-0.2, 0) is 0 Å². The summed E-state index contributed by atoms with van der Waals surface area (Å²) in [5, 5.41) is 0. The Morgan fingerprint density at radius 2 is 1.43 bits per heavy atom. The van der Waals surface area contributed by atoms with Crippen molar-refractivity contribution in [2.24, 2.45) is 0 Å². The van der Waals surface area contributed by atoms with Crippen molar-refractivity contribution in [1.82, 2.24) is 0 Å². The molecule has 0 bridgehead atoms. The summed E-state index contributed by atoms with van der Waals surface area (Å²) < 4.78 is 25.9. The molecule has 0 unspecified atom stereocenters. The molecule has 2 rings (SSSR count). The van der Waals surface area contributed by atoms with E-state index in [1.54, 1.807) is 0 Å². The molecule has 0 heterocycles. The Morgan fingerprint density at radius 3 is 2.00 bits per heavy atom. The molecule has 1 aromatic carbocycles. The van der Waals surface area contributed by atoms with Crippen LogP contribution in [0.3, 0.4) is 0 Å². The van der Waals surface area contributed by atoms with E-state index >= 15 is 0 Å². The minimum atomic E-state index is -0.453. The summed E-state index contributed by atoms with van der Waals surface area (Å²) in [7, 11) is 0. The van der Waals surface area contributed by atoms with Crippen molar-refractivity contribution >= 4 is 0 Å². The predicted molar refractivity (Wildman–Crippen MR) is 52.2 cm³/mol. The van der Waals surface area contributed by atoms with Crippen LogP contribution >= 0.6 is 0 Å². The first kappa shape index (κ1) is 9.63. The molecule has 14 heavy (non-hydrogen) atoms. The van der Waals surface area contributed by atoms with Crippen LogP contribution in [0.2, 0.25) is 0 Å². The molecule has 76 valence electrons. The molecule has 1 aromatic rings. The zero-order chi connectivity index (χ0) is 9.97. The fraction of sp³-hybridized carbons (Fsp3) is 0.500. The minimum Gasteiger partial charge on any atom is -0.207 e. The van der Waals surface area contributed by atoms with Crippen molar-refractivity contribution in [3.63, 3.8) is 0 Å². The van der Waals surface area contributed by atoms with Crippen LogP contribution in [0.5, 0.6) is 0 Å². The molecule has 1 saturated carbocycles. The van der Waals surface area contributed by atoms with Crippen molar-refractivity contribution in [2.75, 3.05) is 0 Å². The lowest BCUT2D eigenvalue weighted by Gasteiger charge is -2.21. The Bertz CT molecular complexity index is 294. The van der Waals surface area contributed by atoms with Gasteiger partial charge in [0.25, 0.3) is 0 Å². The van der Waals surface area contributed by atoms with Gasteiger partial charge in [0.15, 0.2) is 0 Å². The van der Waals surface area contributed by atoms with Gasteiger partial charge in [-0.05, 0) is 36.5 Å². The number of halogens is 2. The van der Waals surface area contributed by atoms with E-state index in [0.717, 1.165) is 24.5 Å². The van der Waals surface area contributed by atoms with E-state index in [9.17, 15) is 8.78 Å². The third kappa shape index (κ3) is 2.11. The van der Waals surface area contributed by atoms with Crippen LogP contribution in [0.1, 0.15) is 43.6 Å². The van der Waals surface area contributed by atoms with Gasteiger partial charge in [-0.15, -0.1) is 0 Å². The molecule has 0 aromatic heterocycles. The summed E-state index contributed by atoms with van der Waals surface area (Å²) in [4.78, 5) is 0. The van der Waals surface area contributed by atoms with Gasteiger partial charge < -0.3 is 0 Å². The Kier molecular flexibility index (Phi) is 2.80. The molecule has 2 heteroatoms. The lowest BCUT2D eigenvalue weighted by Crippen LogP contribution is -2.05. The van der Waals surface area contributed by atoms with Gasteiger partial charge in [-0.1, -0.05) is 19.3 Å². The standard InChI is InChI=1S/C12H14F2/c13-11-6-10(7-12(14)8-11)9-4-2-1-3-5-9/h6-9H,1-5H2. The molecule has 0 radical (unpaired) electrons. The van der Waals surface area contributed by atoms with Gasteiger partial charge in [-0.3, -0.25) is 0 Å². The number of rotatable bonds is 1. The first-order valence-electron chi connectivity index (χ1n) is 5.22. The first-order valence-corrected chi connectivity index (χ1v) is 5.22. The Balaban J connectivity index is 2.21. The molecule has 1 aliphatic carbocycles. The zero-order valence-corrected chi connectivity index (χ0v) is 8.10. The number of hydrogen-bond donors (Lipinski definition) is 0. The SMILES string of the molecule is Fc1cc(F)cc(C2CCCCC2)c1. The van der Waals surface area contributed by atoms with E-state index in [-0.39, 0.29) is 0 Å². The summed E-state index contributed by atoms with van der Waals surface area (Å²) in [6.07, 6.45) is 5.77. The van der Waals surface area contributed by atoms with Gasteiger partial charge in [0, 0.05) is 6.07 Å². The summed E-state index contributed by atoms with van der Waals surface area (Å²) in [5.74, 6) is -0.537. The fourth-order valence-corrected chi connectivity index (χ4v) is 2.25. The maximum atomic E-state index is 12.9. The largest absolute Gasteiger partial charge is 0.207 e. The summed E-state index contributed by atoms with van der Waals surface area (Å²) >= 11 is 0. The van der Waals surface area contributed by atoms with Crippen molar-refractivity contribution in [3.05, 3.63) is 35.4 Å². The summed E-state index contributed by atoms with van der Waals surface area (Å²) in [5.41, 5.74) is 0.835. The van der Waals surface area contributed by atoms with E-state index in [2.05, 4.69) is 0 Å². The molecule has 0 saturated heterocycles. The van der Waals surface area contributed by atoms with E-state index in [1.807, 2.05) is 0 Å². The van der Waals surface area contributed by atoms with Crippen molar-refractivity contribution < 1.29 is 8.78 Å². The number of benzene rings is 1. The zero-order valence-electron chi connectivity index (χ0n) is 8.10. The maximum Gasteiger partial charge on any atom is 0.126 e. The molecular formula is C12H14F2. The minimum absolute atomic E-state index is 0.369. The average Bonchev–Trinajstić information content (AvgIpc) is 2.18. The lowest BCUT2D eigenvalue weighted by atomic mass is 9.84. The highest BCUT2D eigenvalue weighted by molar-refractivity contribution is 5.22. The van der Waals surface area contributed by atoms with Crippen LogP contribution in [0, 0.1) is 11.6 Å². The predicted octanol–water partition coefficient (Wildman–Crippen LogP) is 4.01. The second kappa shape index (κ2) is 4.07. The van der Waals surface area contributed by atoms with E-state index in [0.29, 0.717) is 5.92 Å². The molecule has 0 aliphatic heterocycles. The van der Waals surface area contributed by atoms with Gasteiger partial charge >= 0.3 is 0 Å². The van der Waals surface area contributed by atoms with Crippen LogP contribution in [0.4, 0.5) is 8.78 Å². The second-order valence-corrected chi connectivity index (χ2v) is 4.04. The normalized spacial score (nSPS) is 18.4. The van der Waals surface area contributed by atoms with Gasteiger partial charge in [0.05, 0.1) is 0 Å². The van der Waals surface area contributed by atoms with Crippen LogP contribution in [0.15, 0.2) is 18.2 Å². The van der Waals surface area contributed by atoms with Gasteiger partial charge in [-0.25, -0.2) is 8.78 Å². The van der Waals surface area contributed by atoms with Gasteiger partial charge in [-0.2, -0.15) is 0 Å². The molecule has 1 fully saturated rings. The Morgan fingerprint density at radius 1 is 0.857 bits per heavy atom. The Labute approximate surface area is 82.9 Å². The van der Waals surface area contributed by atoms with Gasteiger partial charge in [0.1, 0.15) is 11.6 Å². The summed E-state index contributed by atoms with van der Waals surface area (Å²) in [6, 6.07) is 3.88. The van der Waals surface area contributed by atoms with E-state index in [1.165, 1.54) is 31.4 Å².